The molecule has 0 saturated carbocycles. The highest BCUT2D eigenvalue weighted by atomic mass is 32.2. The highest BCUT2D eigenvalue weighted by Crippen LogP contribution is 2.14. The molecule has 9 heteroatoms. The first-order valence-electron chi connectivity index (χ1n) is 10.5. The van der Waals surface area contributed by atoms with Crippen LogP contribution in [-0.2, 0) is 20.9 Å². The number of hydrogen-bond acceptors (Lipinski definition) is 7. The van der Waals surface area contributed by atoms with Gasteiger partial charge >= 0.3 is 0 Å². The van der Waals surface area contributed by atoms with E-state index in [-0.39, 0.29) is 29.4 Å². The maximum Gasteiger partial charge on any atom is 0.235 e. The molecule has 1 aromatic carbocycles. The first kappa shape index (κ1) is 23.3. The number of carbonyl (C=O) groups is 2. The average Bonchev–Trinajstić information content (AvgIpc) is 3.17. The lowest BCUT2D eigenvalue weighted by Crippen LogP contribution is -2.48. The molecular formula is C22H30N4O4S. The number of rotatable bonds is 10. The van der Waals surface area contributed by atoms with Gasteiger partial charge < -0.3 is 19.5 Å². The van der Waals surface area contributed by atoms with Crippen LogP contribution in [0.3, 0.4) is 0 Å². The van der Waals surface area contributed by atoms with Gasteiger partial charge in [0.15, 0.2) is 5.82 Å². The summed E-state index contributed by atoms with van der Waals surface area (Å²) in [6.07, 6.45) is 0. The fourth-order valence-electron chi connectivity index (χ4n) is 3.44. The van der Waals surface area contributed by atoms with Crippen LogP contribution >= 0.6 is 11.8 Å². The van der Waals surface area contributed by atoms with Crippen LogP contribution in [0.25, 0.3) is 0 Å². The Kier molecular flexibility index (Phi) is 8.93. The lowest BCUT2D eigenvalue weighted by Gasteiger charge is -2.35. The van der Waals surface area contributed by atoms with Gasteiger partial charge in [0, 0.05) is 38.3 Å². The Labute approximate surface area is 187 Å². The van der Waals surface area contributed by atoms with Gasteiger partial charge in [-0.2, -0.15) is 0 Å². The molecule has 3 rings (SSSR count). The second-order valence-electron chi connectivity index (χ2n) is 7.63. The van der Waals surface area contributed by atoms with Crippen LogP contribution in [0.2, 0.25) is 0 Å². The zero-order valence-electron chi connectivity index (χ0n) is 18.1. The molecule has 2 aromatic rings. The summed E-state index contributed by atoms with van der Waals surface area (Å²) in [6.45, 7) is 8.43. The summed E-state index contributed by atoms with van der Waals surface area (Å²) in [5, 5.41) is 6.42. The minimum absolute atomic E-state index is 0.0275. The van der Waals surface area contributed by atoms with E-state index in [1.807, 2.05) is 35.2 Å². The summed E-state index contributed by atoms with van der Waals surface area (Å²) < 4.78 is 10.4. The van der Waals surface area contributed by atoms with Gasteiger partial charge in [-0.25, -0.2) is 0 Å². The van der Waals surface area contributed by atoms with E-state index in [1.165, 1.54) is 11.8 Å². The number of hydrogen-bond donors (Lipinski definition) is 1. The summed E-state index contributed by atoms with van der Waals surface area (Å²) in [5.74, 6) is 1.25. The van der Waals surface area contributed by atoms with E-state index in [4.69, 9.17) is 9.26 Å². The van der Waals surface area contributed by atoms with Crippen molar-refractivity contribution in [3.63, 3.8) is 0 Å². The number of anilines is 1. The maximum atomic E-state index is 13.1. The Morgan fingerprint density at radius 3 is 2.65 bits per heavy atom. The van der Waals surface area contributed by atoms with Gasteiger partial charge in [-0.3, -0.25) is 14.5 Å². The van der Waals surface area contributed by atoms with Gasteiger partial charge in [0.1, 0.15) is 5.76 Å². The lowest BCUT2D eigenvalue weighted by atomic mass is 10.1. The Bertz CT molecular complexity index is 839. The predicted octanol–water partition coefficient (Wildman–Crippen LogP) is 2.40. The average molecular weight is 447 g/mol. The minimum atomic E-state index is -0.206. The Morgan fingerprint density at radius 1 is 1.23 bits per heavy atom. The van der Waals surface area contributed by atoms with Crippen LogP contribution < -0.4 is 5.32 Å². The second-order valence-corrected chi connectivity index (χ2v) is 8.62. The van der Waals surface area contributed by atoms with Crippen molar-refractivity contribution in [3.05, 3.63) is 47.7 Å². The van der Waals surface area contributed by atoms with E-state index in [9.17, 15) is 9.59 Å². The SMILES string of the molecule is Cc1cc(NC(=O)CSCC(=O)N(Cc2ccccc2)C(C)CN2CCOCC2)no1. The molecule has 1 fully saturated rings. The van der Waals surface area contributed by atoms with E-state index < -0.39 is 0 Å². The second kappa shape index (κ2) is 11.9. The number of benzene rings is 1. The third-order valence-corrected chi connectivity index (χ3v) is 5.95. The molecule has 0 aliphatic carbocycles. The third kappa shape index (κ3) is 7.68. The molecule has 1 aliphatic heterocycles. The van der Waals surface area contributed by atoms with Crippen LogP contribution in [-0.4, -0.2) is 77.2 Å². The van der Waals surface area contributed by atoms with Gasteiger partial charge in [-0.1, -0.05) is 35.5 Å². The summed E-state index contributed by atoms with van der Waals surface area (Å²) >= 11 is 1.30. The van der Waals surface area contributed by atoms with Gasteiger partial charge in [-0.15, -0.1) is 11.8 Å². The molecule has 168 valence electrons. The van der Waals surface area contributed by atoms with Crippen molar-refractivity contribution in [2.75, 3.05) is 49.7 Å². The quantitative estimate of drug-likeness (QED) is 0.600. The summed E-state index contributed by atoms with van der Waals surface area (Å²) in [4.78, 5) is 29.4. The van der Waals surface area contributed by atoms with Crippen molar-refractivity contribution >= 4 is 29.4 Å². The molecule has 2 amide bonds. The van der Waals surface area contributed by atoms with Gasteiger partial charge in [0.2, 0.25) is 11.8 Å². The zero-order valence-corrected chi connectivity index (χ0v) is 18.9. The highest BCUT2D eigenvalue weighted by molar-refractivity contribution is 8.00. The van der Waals surface area contributed by atoms with Crippen molar-refractivity contribution in [1.29, 1.82) is 0 Å². The maximum absolute atomic E-state index is 13.1. The molecule has 0 spiro atoms. The van der Waals surface area contributed by atoms with Crippen LogP contribution in [0.15, 0.2) is 40.9 Å². The van der Waals surface area contributed by atoms with Crippen LogP contribution in [0.5, 0.6) is 0 Å². The number of ether oxygens (including phenoxy) is 1. The summed E-state index contributed by atoms with van der Waals surface area (Å²) in [5.41, 5.74) is 1.09. The topological polar surface area (TPSA) is 87.9 Å². The number of thioether (sulfide) groups is 1. The first-order valence-corrected chi connectivity index (χ1v) is 11.6. The Morgan fingerprint density at radius 2 is 1.97 bits per heavy atom. The van der Waals surface area contributed by atoms with Crippen molar-refractivity contribution < 1.29 is 18.8 Å². The molecule has 31 heavy (non-hydrogen) atoms. The Hall–Kier alpha value is -2.36. The third-order valence-electron chi connectivity index (χ3n) is 5.03. The molecule has 0 bridgehead atoms. The van der Waals surface area contributed by atoms with E-state index in [1.54, 1.807) is 13.0 Å². The van der Waals surface area contributed by atoms with Gasteiger partial charge in [0.25, 0.3) is 0 Å². The van der Waals surface area contributed by atoms with Gasteiger partial charge in [-0.05, 0) is 19.4 Å². The molecule has 1 aliphatic rings. The molecule has 1 saturated heterocycles. The van der Waals surface area contributed by atoms with E-state index in [2.05, 4.69) is 22.3 Å². The fraction of sp³-hybridized carbons (Fsp3) is 0.500. The largest absolute Gasteiger partial charge is 0.379 e. The fourth-order valence-corrected chi connectivity index (χ4v) is 4.14. The van der Waals surface area contributed by atoms with Crippen molar-refractivity contribution in [2.45, 2.75) is 26.4 Å². The molecule has 0 radical (unpaired) electrons. The number of nitrogens with one attached hydrogen (secondary N) is 1. The number of amides is 2. The Balaban J connectivity index is 1.53. The number of morpholine rings is 1. The molecule has 1 N–H and O–H groups in total. The number of aromatic nitrogens is 1. The zero-order chi connectivity index (χ0) is 22.1. The normalized spacial score (nSPS) is 15.4. The van der Waals surface area contributed by atoms with E-state index in [0.29, 0.717) is 18.1 Å². The van der Waals surface area contributed by atoms with Crippen molar-refractivity contribution in [1.82, 2.24) is 15.0 Å². The van der Waals surface area contributed by atoms with Crippen LogP contribution in [0, 0.1) is 6.92 Å². The van der Waals surface area contributed by atoms with E-state index >= 15 is 0 Å². The summed E-state index contributed by atoms with van der Waals surface area (Å²) in [6, 6.07) is 11.7. The molecular weight excluding hydrogens is 416 g/mol. The van der Waals surface area contributed by atoms with Crippen molar-refractivity contribution in [2.24, 2.45) is 0 Å². The molecule has 2 heterocycles. The summed E-state index contributed by atoms with van der Waals surface area (Å²) in [7, 11) is 0. The van der Waals surface area contributed by atoms with Gasteiger partial charge in [0.05, 0.1) is 24.7 Å². The molecule has 1 aromatic heterocycles. The molecule has 1 unspecified atom stereocenters. The van der Waals surface area contributed by atoms with Crippen molar-refractivity contribution in [3.8, 4) is 0 Å². The predicted molar refractivity (Wildman–Crippen MR) is 121 cm³/mol. The van der Waals surface area contributed by atoms with Crippen LogP contribution in [0.4, 0.5) is 5.82 Å². The number of nitrogens with zero attached hydrogens (tertiary/aromatic N) is 3. The number of aryl methyl sites for hydroxylation is 1. The minimum Gasteiger partial charge on any atom is -0.379 e. The first-order chi connectivity index (χ1) is 15.0. The lowest BCUT2D eigenvalue weighted by molar-refractivity contribution is -0.131. The highest BCUT2D eigenvalue weighted by Gasteiger charge is 2.23. The molecule has 1 atom stereocenters. The van der Waals surface area contributed by atoms with E-state index in [0.717, 1.165) is 38.4 Å². The monoisotopic (exact) mass is 446 g/mol. The standard InChI is InChI=1S/C22H30N4O4S/c1-17(13-25-8-10-29-11-9-25)26(14-19-6-4-3-5-7-19)22(28)16-31-15-21(27)23-20-12-18(2)30-24-20/h3-7,12,17H,8-11,13-16H2,1-2H3,(H,23,24,27). The van der Waals surface area contributed by atoms with Crippen LogP contribution in [0.1, 0.15) is 18.2 Å². The smallest absolute Gasteiger partial charge is 0.235 e. The molecule has 8 nitrogen and oxygen atoms in total. The number of carbonyl (C=O) groups excluding carboxylic acids is 2.